The van der Waals surface area contributed by atoms with E-state index in [0.717, 1.165) is 45.2 Å². The number of rotatable bonds is 24. The molecule has 0 spiro atoms. The molecular weight excluding hydrogens is 488 g/mol. The molecule has 0 aromatic rings. The lowest BCUT2D eigenvalue weighted by Gasteiger charge is -2.35. The van der Waals surface area contributed by atoms with Gasteiger partial charge in [0.15, 0.2) is 0 Å². The number of nitrogens with zero attached hydrogens (tertiary/aromatic N) is 2. The van der Waals surface area contributed by atoms with E-state index in [2.05, 4.69) is 22.5 Å². The smallest absolute Gasteiger partial charge is 0.407 e. The summed E-state index contributed by atoms with van der Waals surface area (Å²) in [6.45, 7) is 5.77. The van der Waals surface area contributed by atoms with Crippen LogP contribution in [0.15, 0.2) is 0 Å². The topological polar surface area (TPSA) is 73.9 Å². The number of amides is 3. The Balaban J connectivity index is 1.93. The zero-order valence-corrected chi connectivity index (χ0v) is 26.1. The van der Waals surface area contributed by atoms with Gasteiger partial charge in [-0.3, -0.25) is 0 Å². The Hall–Kier alpha value is -1.50. The van der Waals surface area contributed by atoms with Crippen LogP contribution in [0.5, 0.6) is 0 Å². The van der Waals surface area contributed by atoms with Gasteiger partial charge in [-0.05, 0) is 52.7 Å². The minimum absolute atomic E-state index is 0.0198. The highest BCUT2D eigenvalue weighted by molar-refractivity contribution is 5.74. The second kappa shape index (κ2) is 25.5. The lowest BCUT2D eigenvalue weighted by molar-refractivity contribution is 0.111. The van der Waals surface area contributed by atoms with Crippen LogP contribution in [0.25, 0.3) is 0 Å². The maximum absolute atomic E-state index is 12.6. The van der Waals surface area contributed by atoms with Crippen LogP contribution < -0.4 is 10.6 Å². The fraction of sp³-hybridized carbons (Fsp3) is 0.938. The third-order valence-electron chi connectivity index (χ3n) is 7.93. The van der Waals surface area contributed by atoms with Crippen molar-refractivity contribution in [2.45, 2.75) is 148 Å². The maximum Gasteiger partial charge on any atom is 0.407 e. The molecule has 3 amide bonds. The van der Waals surface area contributed by atoms with E-state index >= 15 is 0 Å². The van der Waals surface area contributed by atoms with Crippen molar-refractivity contribution in [1.29, 1.82) is 0 Å². The van der Waals surface area contributed by atoms with Crippen molar-refractivity contribution < 1.29 is 14.3 Å². The third-order valence-corrected chi connectivity index (χ3v) is 7.93. The van der Waals surface area contributed by atoms with Gasteiger partial charge in [0.1, 0.15) is 0 Å². The first-order valence-electron chi connectivity index (χ1n) is 16.6. The molecule has 1 atom stereocenters. The monoisotopic (exact) mass is 552 g/mol. The van der Waals surface area contributed by atoms with Gasteiger partial charge in [0.25, 0.3) is 0 Å². The molecule has 1 saturated heterocycles. The van der Waals surface area contributed by atoms with Gasteiger partial charge in [0.2, 0.25) is 0 Å². The summed E-state index contributed by atoms with van der Waals surface area (Å²) in [4.78, 5) is 28.7. The van der Waals surface area contributed by atoms with Gasteiger partial charge in [0.05, 0.1) is 6.61 Å². The van der Waals surface area contributed by atoms with Gasteiger partial charge in [0, 0.05) is 32.1 Å². The molecule has 0 aromatic heterocycles. The van der Waals surface area contributed by atoms with Crippen LogP contribution in [0.2, 0.25) is 0 Å². The second-order valence-corrected chi connectivity index (χ2v) is 11.9. The predicted molar refractivity (Wildman–Crippen MR) is 164 cm³/mol. The number of likely N-dealkylation sites (tertiary alicyclic amines) is 1. The average molecular weight is 553 g/mol. The van der Waals surface area contributed by atoms with Crippen molar-refractivity contribution in [1.82, 2.24) is 20.4 Å². The van der Waals surface area contributed by atoms with Gasteiger partial charge in [-0.15, -0.1) is 0 Å². The number of nitrogens with one attached hydrogen (secondary N) is 2. The molecule has 2 N–H and O–H groups in total. The van der Waals surface area contributed by atoms with Gasteiger partial charge in [-0.25, -0.2) is 9.59 Å². The molecule has 0 radical (unpaired) electrons. The van der Waals surface area contributed by atoms with E-state index < -0.39 is 0 Å². The summed E-state index contributed by atoms with van der Waals surface area (Å²) in [5.41, 5.74) is 0. The first-order chi connectivity index (χ1) is 19.0. The summed E-state index contributed by atoms with van der Waals surface area (Å²) in [6, 6.07) is 0.173. The zero-order valence-electron chi connectivity index (χ0n) is 26.1. The number of carbonyl (C=O) groups excluding carboxylic acids is 2. The van der Waals surface area contributed by atoms with E-state index in [9.17, 15) is 9.59 Å². The normalized spacial score (nSPS) is 15.5. The standard InChI is InChI=1S/C32H64N4O3/c1-4-5-6-7-8-9-10-11-12-13-14-15-16-17-18-20-25-34-32(38)39-29-24-30-23-19-21-28-36(30)31(37)33-26-22-27-35(2)3/h30H,4-29H2,1-3H3,(H,33,37)(H,34,38). The summed E-state index contributed by atoms with van der Waals surface area (Å²) in [6.07, 6.45) is 26.0. The summed E-state index contributed by atoms with van der Waals surface area (Å²) in [5.74, 6) is 0. The number of urea groups is 1. The summed E-state index contributed by atoms with van der Waals surface area (Å²) >= 11 is 0. The molecule has 7 heteroatoms. The molecule has 1 heterocycles. The predicted octanol–water partition coefficient (Wildman–Crippen LogP) is 7.88. The van der Waals surface area contributed by atoms with Gasteiger partial charge in [-0.1, -0.05) is 103 Å². The van der Waals surface area contributed by atoms with Crippen LogP contribution >= 0.6 is 0 Å². The van der Waals surface area contributed by atoms with Crippen molar-refractivity contribution >= 4 is 12.1 Å². The van der Waals surface area contributed by atoms with E-state index in [1.807, 2.05) is 19.0 Å². The van der Waals surface area contributed by atoms with Crippen LogP contribution in [0, 0.1) is 0 Å². The van der Waals surface area contributed by atoms with Crippen LogP contribution in [-0.2, 0) is 4.74 Å². The number of hydrogen-bond acceptors (Lipinski definition) is 4. The van der Waals surface area contributed by atoms with Crippen molar-refractivity contribution in [2.24, 2.45) is 0 Å². The zero-order chi connectivity index (χ0) is 28.4. The molecule has 0 saturated carbocycles. The first kappa shape index (κ1) is 35.5. The SMILES string of the molecule is CCCCCCCCCCCCCCCCCCNC(=O)OCCC1CCCCN1C(=O)NCCCN(C)C. The number of carbonyl (C=O) groups is 2. The Morgan fingerprint density at radius 1 is 0.744 bits per heavy atom. The number of hydrogen-bond donors (Lipinski definition) is 2. The van der Waals surface area contributed by atoms with E-state index in [4.69, 9.17) is 4.74 Å². The number of unbranched alkanes of at least 4 members (excludes halogenated alkanes) is 15. The lowest BCUT2D eigenvalue weighted by atomic mass is 10.00. The van der Waals surface area contributed by atoms with Crippen LogP contribution in [0.3, 0.4) is 0 Å². The molecule has 0 bridgehead atoms. The first-order valence-corrected chi connectivity index (χ1v) is 16.6. The van der Waals surface area contributed by atoms with Crippen molar-refractivity contribution in [3.63, 3.8) is 0 Å². The van der Waals surface area contributed by atoms with Crippen LogP contribution in [0.1, 0.15) is 142 Å². The second-order valence-electron chi connectivity index (χ2n) is 11.9. The summed E-state index contributed by atoms with van der Waals surface area (Å²) in [5, 5.41) is 5.94. The summed E-state index contributed by atoms with van der Waals surface area (Å²) in [7, 11) is 4.08. The highest BCUT2D eigenvalue weighted by atomic mass is 16.5. The highest BCUT2D eigenvalue weighted by Crippen LogP contribution is 2.20. The maximum atomic E-state index is 12.6. The fourth-order valence-electron chi connectivity index (χ4n) is 5.46. The highest BCUT2D eigenvalue weighted by Gasteiger charge is 2.26. The molecule has 1 unspecified atom stereocenters. The third kappa shape index (κ3) is 21.0. The molecule has 1 fully saturated rings. The van der Waals surface area contributed by atoms with E-state index in [-0.39, 0.29) is 18.2 Å². The van der Waals surface area contributed by atoms with Crippen LogP contribution in [-0.4, -0.2) is 74.8 Å². The Labute approximate surface area is 241 Å². The fourth-order valence-corrected chi connectivity index (χ4v) is 5.46. The van der Waals surface area contributed by atoms with Crippen molar-refractivity contribution in [2.75, 3.05) is 46.9 Å². The minimum Gasteiger partial charge on any atom is -0.449 e. The molecule has 0 aliphatic carbocycles. The quantitative estimate of drug-likeness (QED) is 0.119. The summed E-state index contributed by atoms with van der Waals surface area (Å²) < 4.78 is 5.41. The van der Waals surface area contributed by atoms with Crippen molar-refractivity contribution in [3.8, 4) is 0 Å². The van der Waals surface area contributed by atoms with Gasteiger partial charge >= 0.3 is 12.1 Å². The van der Waals surface area contributed by atoms with Gasteiger partial charge < -0.3 is 25.2 Å². The number of ether oxygens (including phenoxy) is 1. The largest absolute Gasteiger partial charge is 0.449 e. The Kier molecular flexibility index (Phi) is 23.2. The molecule has 7 nitrogen and oxygen atoms in total. The molecular formula is C32H64N4O3. The number of alkyl carbamates (subject to hydrolysis) is 1. The van der Waals surface area contributed by atoms with E-state index in [1.54, 1.807) is 0 Å². The average Bonchev–Trinajstić information content (AvgIpc) is 2.93. The Morgan fingerprint density at radius 2 is 1.28 bits per heavy atom. The molecule has 0 aromatic carbocycles. The van der Waals surface area contributed by atoms with Crippen LogP contribution in [0.4, 0.5) is 9.59 Å². The molecule has 39 heavy (non-hydrogen) atoms. The van der Waals surface area contributed by atoms with Gasteiger partial charge in [-0.2, -0.15) is 0 Å². The molecule has 1 aliphatic heterocycles. The number of piperidine rings is 1. The lowest BCUT2D eigenvalue weighted by Crippen LogP contribution is -2.49. The van der Waals surface area contributed by atoms with Crippen molar-refractivity contribution in [3.05, 3.63) is 0 Å². The Bertz CT molecular complexity index is 588. The molecule has 1 aliphatic rings. The van der Waals surface area contributed by atoms with E-state index in [0.29, 0.717) is 26.1 Å². The minimum atomic E-state index is -0.327. The molecule has 1 rings (SSSR count). The van der Waals surface area contributed by atoms with E-state index in [1.165, 1.54) is 96.3 Å². The molecule has 230 valence electrons. The Morgan fingerprint density at radius 3 is 1.85 bits per heavy atom.